The number of rotatable bonds is 7. The first-order valence-corrected chi connectivity index (χ1v) is 10.7. The zero-order valence-corrected chi connectivity index (χ0v) is 17.4. The number of hydrogen-bond acceptors (Lipinski definition) is 3. The summed E-state index contributed by atoms with van der Waals surface area (Å²) < 4.78 is 26.6. The van der Waals surface area contributed by atoms with Gasteiger partial charge >= 0.3 is 0 Å². The van der Waals surface area contributed by atoms with Crippen LogP contribution in [0.4, 0.5) is 4.39 Å². The maximum Gasteiger partial charge on any atom is 0.124 e. The third-order valence-electron chi connectivity index (χ3n) is 5.59. The van der Waals surface area contributed by atoms with Crippen molar-refractivity contribution in [3.8, 4) is 0 Å². The third-order valence-corrected chi connectivity index (χ3v) is 6.56. The molecule has 3 aromatic rings. The minimum absolute atomic E-state index is 0.0947. The van der Waals surface area contributed by atoms with E-state index in [4.69, 9.17) is 9.47 Å². The van der Waals surface area contributed by atoms with Gasteiger partial charge in [-0.2, -0.15) is 0 Å². The van der Waals surface area contributed by atoms with Crippen LogP contribution in [0.3, 0.4) is 0 Å². The Morgan fingerprint density at radius 1 is 1.10 bits per heavy atom. The molecule has 0 radical (unpaired) electrons. The van der Waals surface area contributed by atoms with Gasteiger partial charge in [0.15, 0.2) is 0 Å². The van der Waals surface area contributed by atoms with Crippen LogP contribution in [0.2, 0.25) is 0 Å². The Labute approximate surface area is 175 Å². The van der Waals surface area contributed by atoms with Gasteiger partial charge in [0, 0.05) is 16.9 Å². The Morgan fingerprint density at radius 3 is 2.72 bits per heavy atom. The SMILES string of the molecule is C=CCOC1(c2cc(F)cc(Sc3ccc4ccccc4c3)c2)CCCC1OC. The van der Waals surface area contributed by atoms with Crippen molar-refractivity contribution in [2.45, 2.75) is 40.8 Å². The molecule has 0 bridgehead atoms. The van der Waals surface area contributed by atoms with Crippen LogP contribution in [0.25, 0.3) is 10.8 Å². The lowest BCUT2D eigenvalue weighted by Crippen LogP contribution is -2.39. The molecule has 29 heavy (non-hydrogen) atoms. The highest BCUT2D eigenvalue weighted by Gasteiger charge is 2.46. The first kappa shape index (κ1) is 20.1. The molecule has 0 amide bonds. The fourth-order valence-corrected chi connectivity index (χ4v) is 5.22. The van der Waals surface area contributed by atoms with E-state index in [1.54, 1.807) is 37.1 Å². The molecule has 0 N–H and O–H groups in total. The van der Waals surface area contributed by atoms with Crippen LogP contribution < -0.4 is 0 Å². The van der Waals surface area contributed by atoms with Gasteiger partial charge in [-0.1, -0.05) is 48.2 Å². The maximum atomic E-state index is 14.6. The summed E-state index contributed by atoms with van der Waals surface area (Å²) in [5.74, 6) is -0.255. The second kappa shape index (κ2) is 8.70. The van der Waals surface area contributed by atoms with Gasteiger partial charge in [0.05, 0.1) is 12.7 Å². The standard InChI is InChI=1S/C25H25FO2S/c1-3-13-28-25(12-6-9-24(25)27-2)20-15-21(26)17-23(16-20)29-22-11-10-18-7-4-5-8-19(18)14-22/h3-5,7-8,10-11,14-17,24H,1,6,9,12-13H2,2H3. The Balaban J connectivity index is 1.69. The van der Waals surface area contributed by atoms with E-state index in [1.165, 1.54) is 10.8 Å². The van der Waals surface area contributed by atoms with Crippen LogP contribution in [0, 0.1) is 5.82 Å². The molecule has 0 saturated heterocycles. The Hall–Kier alpha value is -2.14. The lowest BCUT2D eigenvalue weighted by Gasteiger charge is -2.35. The molecule has 2 nitrogen and oxygen atoms in total. The van der Waals surface area contributed by atoms with Crippen LogP contribution in [0.15, 0.2) is 83.1 Å². The van der Waals surface area contributed by atoms with Crippen molar-refractivity contribution in [3.05, 3.63) is 84.7 Å². The summed E-state index contributed by atoms with van der Waals surface area (Å²) in [5.41, 5.74) is 0.205. The van der Waals surface area contributed by atoms with Crippen molar-refractivity contribution in [1.29, 1.82) is 0 Å². The molecule has 1 aliphatic carbocycles. The summed E-state index contributed by atoms with van der Waals surface area (Å²) in [7, 11) is 1.70. The van der Waals surface area contributed by atoms with E-state index in [0.29, 0.717) is 6.61 Å². The average Bonchev–Trinajstić information content (AvgIpc) is 3.16. The number of benzene rings is 3. The Bertz CT molecular complexity index is 1020. The monoisotopic (exact) mass is 408 g/mol. The molecule has 1 aliphatic rings. The van der Waals surface area contributed by atoms with E-state index in [1.807, 2.05) is 18.2 Å². The van der Waals surface area contributed by atoms with Crippen molar-refractivity contribution >= 4 is 22.5 Å². The van der Waals surface area contributed by atoms with E-state index < -0.39 is 5.60 Å². The molecule has 2 atom stereocenters. The highest BCUT2D eigenvalue weighted by Crippen LogP contribution is 2.45. The number of methoxy groups -OCH3 is 1. The molecular formula is C25H25FO2S. The zero-order chi connectivity index (χ0) is 20.3. The lowest BCUT2D eigenvalue weighted by atomic mass is 9.89. The number of ether oxygens (including phenoxy) is 2. The van der Waals surface area contributed by atoms with Crippen LogP contribution in [-0.2, 0) is 15.1 Å². The molecule has 4 heteroatoms. The van der Waals surface area contributed by atoms with E-state index in [-0.39, 0.29) is 11.9 Å². The second-order valence-corrected chi connectivity index (χ2v) is 8.54. The van der Waals surface area contributed by atoms with E-state index >= 15 is 0 Å². The predicted octanol–water partition coefficient (Wildman–Crippen LogP) is 6.73. The maximum absolute atomic E-state index is 14.6. The molecule has 150 valence electrons. The molecule has 0 heterocycles. The van der Waals surface area contributed by atoms with Crippen molar-refractivity contribution in [2.75, 3.05) is 13.7 Å². The van der Waals surface area contributed by atoms with Gasteiger partial charge in [-0.25, -0.2) is 4.39 Å². The molecule has 1 saturated carbocycles. The number of fused-ring (bicyclic) bond motifs is 1. The summed E-state index contributed by atoms with van der Waals surface area (Å²) in [6, 6.07) is 19.8. The normalized spacial score (nSPS) is 21.5. The first-order valence-electron chi connectivity index (χ1n) is 9.90. The van der Waals surface area contributed by atoms with Gasteiger partial charge in [-0.15, -0.1) is 6.58 Å². The van der Waals surface area contributed by atoms with Crippen LogP contribution in [-0.4, -0.2) is 19.8 Å². The minimum Gasteiger partial charge on any atom is -0.378 e. The molecule has 2 unspecified atom stereocenters. The molecule has 0 aromatic heterocycles. The van der Waals surface area contributed by atoms with Crippen LogP contribution >= 0.6 is 11.8 Å². The molecular weight excluding hydrogens is 383 g/mol. The predicted molar refractivity (Wildman–Crippen MR) is 117 cm³/mol. The average molecular weight is 409 g/mol. The van der Waals surface area contributed by atoms with Crippen molar-refractivity contribution in [1.82, 2.24) is 0 Å². The largest absolute Gasteiger partial charge is 0.378 e. The fourth-order valence-electron chi connectivity index (χ4n) is 4.27. The zero-order valence-electron chi connectivity index (χ0n) is 16.6. The van der Waals surface area contributed by atoms with Gasteiger partial charge in [0.1, 0.15) is 11.4 Å². The fraction of sp³-hybridized carbons (Fsp3) is 0.280. The summed E-state index contributed by atoms with van der Waals surface area (Å²) >= 11 is 1.56. The molecule has 0 spiro atoms. The lowest BCUT2D eigenvalue weighted by molar-refractivity contribution is -0.117. The number of halogens is 1. The summed E-state index contributed by atoms with van der Waals surface area (Å²) in [6.07, 6.45) is 4.33. The van der Waals surface area contributed by atoms with E-state index in [2.05, 4.69) is 36.9 Å². The Kier molecular flexibility index (Phi) is 6.04. The molecule has 4 rings (SSSR count). The van der Waals surface area contributed by atoms with E-state index in [0.717, 1.165) is 34.6 Å². The minimum atomic E-state index is -0.635. The summed E-state index contributed by atoms with van der Waals surface area (Å²) in [5, 5.41) is 2.37. The molecule has 3 aromatic carbocycles. The second-order valence-electron chi connectivity index (χ2n) is 7.39. The first-order chi connectivity index (χ1) is 14.1. The summed E-state index contributed by atoms with van der Waals surface area (Å²) in [4.78, 5) is 1.94. The van der Waals surface area contributed by atoms with Crippen molar-refractivity contribution in [2.24, 2.45) is 0 Å². The van der Waals surface area contributed by atoms with Crippen LogP contribution in [0.1, 0.15) is 24.8 Å². The van der Waals surface area contributed by atoms with Gasteiger partial charge in [-0.3, -0.25) is 0 Å². The topological polar surface area (TPSA) is 18.5 Å². The van der Waals surface area contributed by atoms with Gasteiger partial charge in [0.25, 0.3) is 0 Å². The highest BCUT2D eigenvalue weighted by molar-refractivity contribution is 7.99. The van der Waals surface area contributed by atoms with Crippen molar-refractivity contribution < 1.29 is 13.9 Å². The Morgan fingerprint density at radius 2 is 1.93 bits per heavy atom. The highest BCUT2D eigenvalue weighted by atomic mass is 32.2. The van der Waals surface area contributed by atoms with Gasteiger partial charge in [0.2, 0.25) is 0 Å². The number of hydrogen-bond donors (Lipinski definition) is 0. The molecule has 0 aliphatic heterocycles. The van der Waals surface area contributed by atoms with Crippen LogP contribution in [0.5, 0.6) is 0 Å². The van der Waals surface area contributed by atoms with Crippen molar-refractivity contribution in [3.63, 3.8) is 0 Å². The van der Waals surface area contributed by atoms with Gasteiger partial charge in [-0.05, 0) is 65.9 Å². The van der Waals surface area contributed by atoms with E-state index in [9.17, 15) is 4.39 Å². The third kappa shape index (κ3) is 4.11. The quantitative estimate of drug-likeness (QED) is 0.404. The smallest absolute Gasteiger partial charge is 0.124 e. The molecule has 1 fully saturated rings. The summed E-state index contributed by atoms with van der Waals surface area (Å²) in [6.45, 7) is 4.18. The van der Waals surface area contributed by atoms with Gasteiger partial charge < -0.3 is 9.47 Å².